The van der Waals surface area contributed by atoms with Crippen molar-refractivity contribution >= 4 is 11.5 Å². The van der Waals surface area contributed by atoms with Gasteiger partial charge in [-0.15, -0.1) is 0 Å². The maximum absolute atomic E-state index is 11.4. The Hall–Kier alpha value is -3.82. The molecule has 0 aliphatic heterocycles. The van der Waals surface area contributed by atoms with Crippen LogP contribution in [0.4, 0.5) is 11.5 Å². The van der Waals surface area contributed by atoms with Crippen molar-refractivity contribution in [3.05, 3.63) is 68.8 Å². The van der Waals surface area contributed by atoms with E-state index in [-0.39, 0.29) is 28.5 Å². The van der Waals surface area contributed by atoms with Gasteiger partial charge in [0.15, 0.2) is 11.5 Å². The summed E-state index contributed by atoms with van der Waals surface area (Å²) in [5, 5.41) is 22.8. The Balaban J connectivity index is 2.09. The van der Waals surface area contributed by atoms with Crippen molar-refractivity contribution in [3.8, 4) is 22.8 Å². The SMILES string of the molecule is Cc1nc(-c2ccc(Oc3ccncc3)c([N+](=O)[O-])c2)c([N+](=O)[O-])n1C. The second-order valence-corrected chi connectivity index (χ2v) is 5.37. The number of hydrogen-bond donors (Lipinski definition) is 0. The largest absolute Gasteiger partial charge is 0.450 e. The number of ether oxygens (including phenoxy) is 1. The molecule has 0 bridgehead atoms. The van der Waals surface area contributed by atoms with E-state index in [1.807, 2.05) is 0 Å². The summed E-state index contributed by atoms with van der Waals surface area (Å²) in [6.07, 6.45) is 2.99. The van der Waals surface area contributed by atoms with E-state index in [0.717, 1.165) is 0 Å². The van der Waals surface area contributed by atoms with Gasteiger partial charge in [-0.3, -0.25) is 15.1 Å². The van der Waals surface area contributed by atoms with Gasteiger partial charge in [0.05, 0.1) is 12.0 Å². The van der Waals surface area contributed by atoms with Crippen LogP contribution >= 0.6 is 0 Å². The number of rotatable bonds is 5. The number of nitro benzene ring substituents is 1. The van der Waals surface area contributed by atoms with E-state index in [9.17, 15) is 20.2 Å². The van der Waals surface area contributed by atoms with E-state index in [2.05, 4.69) is 9.97 Å². The third kappa shape index (κ3) is 3.07. The first kappa shape index (κ1) is 17.0. The lowest BCUT2D eigenvalue weighted by atomic mass is 10.1. The second kappa shape index (κ2) is 6.59. The zero-order valence-corrected chi connectivity index (χ0v) is 13.8. The van der Waals surface area contributed by atoms with Gasteiger partial charge in [-0.1, -0.05) is 0 Å². The Bertz CT molecular complexity index is 1000. The average Bonchev–Trinajstić information content (AvgIpc) is 2.91. The highest BCUT2D eigenvalue weighted by Crippen LogP contribution is 2.37. The Labute approximate surface area is 147 Å². The summed E-state index contributed by atoms with van der Waals surface area (Å²) < 4.78 is 6.85. The molecule has 10 heteroatoms. The lowest BCUT2D eigenvalue weighted by Crippen LogP contribution is -2.00. The van der Waals surface area contributed by atoms with E-state index in [4.69, 9.17) is 4.74 Å². The number of pyridine rings is 1. The molecule has 26 heavy (non-hydrogen) atoms. The van der Waals surface area contributed by atoms with E-state index in [0.29, 0.717) is 11.6 Å². The van der Waals surface area contributed by atoms with Crippen LogP contribution in [0.15, 0.2) is 42.7 Å². The van der Waals surface area contributed by atoms with E-state index in [1.165, 1.54) is 42.2 Å². The van der Waals surface area contributed by atoms with Crippen LogP contribution in [0.25, 0.3) is 11.3 Å². The first-order valence-corrected chi connectivity index (χ1v) is 7.43. The lowest BCUT2D eigenvalue weighted by molar-refractivity contribution is -0.391. The molecule has 0 aliphatic carbocycles. The minimum absolute atomic E-state index is 0.0141. The number of benzene rings is 1. The van der Waals surface area contributed by atoms with Crippen LogP contribution in [0.3, 0.4) is 0 Å². The smallest absolute Gasteiger partial charge is 0.350 e. The summed E-state index contributed by atoms with van der Waals surface area (Å²) in [6.45, 7) is 1.62. The molecule has 0 N–H and O–H groups in total. The summed E-state index contributed by atoms with van der Waals surface area (Å²) in [7, 11) is 1.51. The molecular formula is C16H13N5O5. The van der Waals surface area contributed by atoms with Gasteiger partial charge in [0.1, 0.15) is 5.75 Å². The lowest BCUT2D eigenvalue weighted by Gasteiger charge is -2.07. The number of nitro groups is 2. The fourth-order valence-electron chi connectivity index (χ4n) is 2.43. The molecule has 0 unspecified atom stereocenters. The number of nitrogens with zero attached hydrogens (tertiary/aromatic N) is 5. The zero-order valence-electron chi connectivity index (χ0n) is 13.8. The number of aryl methyl sites for hydroxylation is 1. The minimum atomic E-state index is -0.609. The molecule has 0 amide bonds. The normalized spacial score (nSPS) is 10.5. The summed E-state index contributed by atoms with van der Waals surface area (Å²) >= 11 is 0. The Morgan fingerprint density at radius 2 is 1.77 bits per heavy atom. The molecule has 3 aromatic rings. The van der Waals surface area contributed by atoms with Gasteiger partial charge in [0.2, 0.25) is 5.75 Å². The van der Waals surface area contributed by atoms with Crippen molar-refractivity contribution in [2.75, 3.05) is 0 Å². The Morgan fingerprint density at radius 3 is 2.38 bits per heavy atom. The van der Waals surface area contributed by atoms with Crippen molar-refractivity contribution in [1.29, 1.82) is 0 Å². The molecule has 3 rings (SSSR count). The van der Waals surface area contributed by atoms with Gasteiger partial charge in [0, 0.05) is 30.9 Å². The van der Waals surface area contributed by atoms with Crippen LogP contribution in [-0.2, 0) is 7.05 Å². The molecule has 0 aliphatic rings. The minimum Gasteiger partial charge on any atom is -0.450 e. The standard InChI is InChI=1S/C16H13N5O5/c1-10-18-15(16(19(10)2)21(24)25)11-3-4-14(13(9-11)20(22)23)26-12-5-7-17-8-6-12/h3-9H,1-2H3. The van der Waals surface area contributed by atoms with Gasteiger partial charge in [0.25, 0.3) is 0 Å². The molecule has 132 valence electrons. The number of aromatic nitrogens is 3. The topological polar surface area (TPSA) is 126 Å². The predicted octanol–water partition coefficient (Wildman–Crippen LogP) is 3.40. The molecule has 0 fully saturated rings. The molecule has 10 nitrogen and oxygen atoms in total. The van der Waals surface area contributed by atoms with Gasteiger partial charge in [-0.25, -0.2) is 9.55 Å². The fraction of sp³-hybridized carbons (Fsp3) is 0.125. The maximum Gasteiger partial charge on any atom is 0.350 e. The van der Waals surface area contributed by atoms with Gasteiger partial charge >= 0.3 is 11.5 Å². The van der Waals surface area contributed by atoms with Crippen LogP contribution in [0, 0.1) is 27.2 Å². The van der Waals surface area contributed by atoms with Crippen molar-refractivity contribution in [2.45, 2.75) is 6.92 Å². The summed E-state index contributed by atoms with van der Waals surface area (Å²) in [4.78, 5) is 29.6. The quantitative estimate of drug-likeness (QED) is 0.507. The van der Waals surface area contributed by atoms with Crippen molar-refractivity contribution in [2.24, 2.45) is 7.05 Å². The number of hydrogen-bond acceptors (Lipinski definition) is 7. The highest BCUT2D eigenvalue weighted by molar-refractivity contribution is 5.72. The molecule has 0 radical (unpaired) electrons. The second-order valence-electron chi connectivity index (χ2n) is 5.37. The summed E-state index contributed by atoms with van der Waals surface area (Å²) in [6, 6.07) is 7.22. The molecule has 1 aromatic carbocycles. The third-order valence-corrected chi connectivity index (χ3v) is 3.77. The molecule has 2 aromatic heterocycles. The highest BCUT2D eigenvalue weighted by atomic mass is 16.6. The summed E-state index contributed by atoms with van der Waals surface area (Å²) in [5.74, 6) is 0.585. The average molecular weight is 355 g/mol. The van der Waals surface area contributed by atoms with Gasteiger partial charge in [-0.05, 0) is 29.2 Å². The third-order valence-electron chi connectivity index (χ3n) is 3.77. The van der Waals surface area contributed by atoms with Crippen LogP contribution in [0.1, 0.15) is 5.82 Å². The molecular weight excluding hydrogens is 342 g/mol. The Morgan fingerprint density at radius 1 is 1.08 bits per heavy atom. The fourth-order valence-corrected chi connectivity index (χ4v) is 2.43. The van der Waals surface area contributed by atoms with Crippen LogP contribution < -0.4 is 4.74 Å². The van der Waals surface area contributed by atoms with E-state index < -0.39 is 9.85 Å². The van der Waals surface area contributed by atoms with Gasteiger partial charge < -0.3 is 14.9 Å². The molecule has 0 saturated heterocycles. The predicted molar refractivity (Wildman–Crippen MR) is 91.0 cm³/mol. The maximum atomic E-state index is 11.4. The van der Waals surface area contributed by atoms with Gasteiger partial charge in [-0.2, -0.15) is 0 Å². The van der Waals surface area contributed by atoms with E-state index >= 15 is 0 Å². The molecule has 0 atom stereocenters. The Kier molecular flexibility index (Phi) is 4.31. The molecule has 0 spiro atoms. The highest BCUT2D eigenvalue weighted by Gasteiger charge is 2.26. The molecule has 0 saturated carbocycles. The van der Waals surface area contributed by atoms with Crippen molar-refractivity contribution in [1.82, 2.24) is 14.5 Å². The molecule has 2 heterocycles. The van der Waals surface area contributed by atoms with Crippen molar-refractivity contribution < 1.29 is 14.6 Å². The van der Waals surface area contributed by atoms with Crippen molar-refractivity contribution in [3.63, 3.8) is 0 Å². The van der Waals surface area contributed by atoms with Crippen LogP contribution in [0.2, 0.25) is 0 Å². The first-order chi connectivity index (χ1) is 12.4. The number of imidazole rings is 1. The zero-order chi connectivity index (χ0) is 18.8. The monoisotopic (exact) mass is 355 g/mol. The first-order valence-electron chi connectivity index (χ1n) is 7.43. The van der Waals surface area contributed by atoms with Crippen LogP contribution in [-0.4, -0.2) is 24.4 Å². The van der Waals surface area contributed by atoms with Crippen LogP contribution in [0.5, 0.6) is 11.5 Å². The summed E-state index contributed by atoms with van der Waals surface area (Å²) in [5.41, 5.74) is -0.000319. The van der Waals surface area contributed by atoms with E-state index in [1.54, 1.807) is 19.1 Å².